The third-order valence-electron chi connectivity index (χ3n) is 2.04. The highest BCUT2D eigenvalue weighted by atomic mass is 79.9. The van der Waals surface area contributed by atoms with Gasteiger partial charge >= 0.3 is 0 Å². The monoisotopic (exact) mass is 283 g/mol. The number of anilines is 1. The van der Waals surface area contributed by atoms with Gasteiger partial charge in [-0.3, -0.25) is 5.43 Å². The number of halogens is 1. The highest BCUT2D eigenvalue weighted by molar-refractivity contribution is 9.10. The number of hydrogen-bond donors (Lipinski definition) is 2. The normalized spacial score (nSPS) is 10.3. The quantitative estimate of drug-likeness (QED) is 0.658. The molecule has 3 N–H and O–H groups in total. The van der Waals surface area contributed by atoms with Crippen LogP contribution in [0.1, 0.15) is 4.88 Å². The number of nitrogens with zero attached hydrogens (tertiary/aromatic N) is 1. The Balaban J connectivity index is 2.44. The molecule has 0 bridgehead atoms. The number of thiazole rings is 1. The maximum atomic E-state index is 5.32. The summed E-state index contributed by atoms with van der Waals surface area (Å²) in [5.74, 6) is 5.32. The van der Waals surface area contributed by atoms with Gasteiger partial charge in [-0.05, 0) is 19.1 Å². The molecule has 0 aliphatic carbocycles. The number of aryl methyl sites for hydroxylation is 1. The predicted molar refractivity (Wildman–Crippen MR) is 67.8 cm³/mol. The molecular formula is C10H10BrN3S. The van der Waals surface area contributed by atoms with Crippen molar-refractivity contribution in [2.75, 3.05) is 5.43 Å². The summed E-state index contributed by atoms with van der Waals surface area (Å²) in [6, 6.07) is 8.08. The lowest BCUT2D eigenvalue weighted by atomic mass is 10.1. The average Bonchev–Trinajstić information content (AvgIpc) is 2.61. The van der Waals surface area contributed by atoms with E-state index in [2.05, 4.69) is 26.3 Å². The van der Waals surface area contributed by atoms with E-state index >= 15 is 0 Å². The fourth-order valence-electron chi connectivity index (χ4n) is 1.33. The summed E-state index contributed by atoms with van der Waals surface area (Å²) in [6.45, 7) is 2.04. The molecule has 0 unspecified atom stereocenters. The molecule has 0 saturated heterocycles. The largest absolute Gasteiger partial charge is 0.300 e. The van der Waals surface area contributed by atoms with Gasteiger partial charge in [0.15, 0.2) is 5.13 Å². The van der Waals surface area contributed by atoms with Gasteiger partial charge in [-0.2, -0.15) is 0 Å². The summed E-state index contributed by atoms with van der Waals surface area (Å²) >= 11 is 4.96. The van der Waals surface area contributed by atoms with Crippen molar-refractivity contribution >= 4 is 32.4 Å². The Morgan fingerprint density at radius 2 is 2.00 bits per heavy atom. The molecule has 0 fully saturated rings. The summed E-state index contributed by atoms with van der Waals surface area (Å²) in [5.41, 5.74) is 4.66. The molecule has 0 saturated carbocycles. The van der Waals surface area contributed by atoms with Gasteiger partial charge in [-0.15, -0.1) is 11.3 Å². The number of hydrogen-bond acceptors (Lipinski definition) is 4. The number of nitrogens with one attached hydrogen (secondary N) is 1. The molecule has 0 atom stereocenters. The lowest BCUT2D eigenvalue weighted by Gasteiger charge is -1.98. The fourth-order valence-corrected chi connectivity index (χ4v) is 2.34. The Labute approximate surface area is 100 Å². The van der Waals surface area contributed by atoms with Crippen LogP contribution in [-0.4, -0.2) is 4.98 Å². The second-order valence-electron chi connectivity index (χ2n) is 3.08. The van der Waals surface area contributed by atoms with Gasteiger partial charge in [-0.1, -0.05) is 28.1 Å². The van der Waals surface area contributed by atoms with Crippen LogP contribution in [0.2, 0.25) is 0 Å². The third-order valence-corrected chi connectivity index (χ3v) is 3.47. The van der Waals surface area contributed by atoms with Crippen molar-refractivity contribution < 1.29 is 0 Å². The van der Waals surface area contributed by atoms with Crippen molar-refractivity contribution in [3.05, 3.63) is 33.6 Å². The molecule has 5 heteroatoms. The minimum absolute atomic E-state index is 0.741. The first-order valence-electron chi connectivity index (χ1n) is 4.40. The van der Waals surface area contributed by atoms with E-state index in [1.807, 2.05) is 31.2 Å². The minimum Gasteiger partial charge on any atom is -0.300 e. The van der Waals surface area contributed by atoms with E-state index in [4.69, 9.17) is 5.84 Å². The van der Waals surface area contributed by atoms with Gasteiger partial charge in [-0.25, -0.2) is 10.8 Å². The summed E-state index contributed by atoms with van der Waals surface area (Å²) in [5, 5.41) is 0.741. The number of nitrogen functional groups attached to an aromatic ring is 1. The Morgan fingerprint density at radius 3 is 2.53 bits per heavy atom. The molecule has 0 aliphatic heterocycles. The molecule has 3 nitrogen and oxygen atoms in total. The molecule has 2 rings (SSSR count). The summed E-state index contributed by atoms with van der Waals surface area (Å²) in [4.78, 5) is 5.55. The summed E-state index contributed by atoms with van der Waals surface area (Å²) < 4.78 is 1.07. The number of aromatic nitrogens is 1. The van der Waals surface area contributed by atoms with Crippen LogP contribution in [0.15, 0.2) is 28.7 Å². The molecule has 0 radical (unpaired) electrons. The zero-order valence-electron chi connectivity index (χ0n) is 8.12. The number of benzene rings is 1. The van der Waals surface area contributed by atoms with E-state index in [1.165, 1.54) is 0 Å². The maximum Gasteiger partial charge on any atom is 0.197 e. The molecule has 2 aromatic rings. The second kappa shape index (κ2) is 4.30. The van der Waals surface area contributed by atoms with Crippen molar-refractivity contribution in [3.8, 4) is 11.3 Å². The van der Waals surface area contributed by atoms with E-state index < -0.39 is 0 Å². The lowest BCUT2D eigenvalue weighted by molar-refractivity contribution is 1.28. The first-order valence-corrected chi connectivity index (χ1v) is 6.01. The van der Waals surface area contributed by atoms with Crippen LogP contribution in [0.3, 0.4) is 0 Å². The number of nitrogens with two attached hydrogens (primary N) is 1. The summed E-state index contributed by atoms with van der Waals surface area (Å²) in [7, 11) is 0. The molecule has 0 amide bonds. The molecule has 0 spiro atoms. The topological polar surface area (TPSA) is 50.9 Å². The van der Waals surface area contributed by atoms with Crippen molar-refractivity contribution in [1.82, 2.24) is 4.98 Å². The van der Waals surface area contributed by atoms with Gasteiger partial charge in [0.1, 0.15) is 0 Å². The van der Waals surface area contributed by atoms with E-state index in [0.717, 1.165) is 25.7 Å². The van der Waals surface area contributed by atoms with Crippen LogP contribution in [0.5, 0.6) is 0 Å². The van der Waals surface area contributed by atoms with Crippen molar-refractivity contribution in [1.29, 1.82) is 0 Å². The molecule has 0 aliphatic rings. The van der Waals surface area contributed by atoms with Gasteiger partial charge in [0.2, 0.25) is 0 Å². The number of rotatable bonds is 2. The first-order chi connectivity index (χ1) is 7.20. The minimum atomic E-state index is 0.741. The van der Waals surface area contributed by atoms with Crippen LogP contribution in [0, 0.1) is 6.92 Å². The van der Waals surface area contributed by atoms with Crippen molar-refractivity contribution in [3.63, 3.8) is 0 Å². The zero-order valence-corrected chi connectivity index (χ0v) is 10.5. The van der Waals surface area contributed by atoms with Crippen LogP contribution < -0.4 is 11.3 Å². The maximum absolute atomic E-state index is 5.32. The first kappa shape index (κ1) is 10.6. The Bertz CT molecular complexity index is 464. The molecular weight excluding hydrogens is 274 g/mol. The smallest absolute Gasteiger partial charge is 0.197 e. The third kappa shape index (κ3) is 2.19. The fraction of sp³-hybridized carbons (Fsp3) is 0.100. The standard InChI is InChI=1S/C10H10BrN3S/c1-6-9(13-10(14-12)15-6)7-2-4-8(11)5-3-7/h2-5H,12H2,1H3,(H,13,14). The van der Waals surface area contributed by atoms with Crippen LogP contribution in [-0.2, 0) is 0 Å². The van der Waals surface area contributed by atoms with E-state index in [9.17, 15) is 0 Å². The van der Waals surface area contributed by atoms with Gasteiger partial charge < -0.3 is 0 Å². The average molecular weight is 284 g/mol. The molecule has 1 aromatic heterocycles. The van der Waals surface area contributed by atoms with Crippen molar-refractivity contribution in [2.45, 2.75) is 6.92 Å². The van der Waals surface area contributed by atoms with Crippen LogP contribution in [0.4, 0.5) is 5.13 Å². The highest BCUT2D eigenvalue weighted by Crippen LogP contribution is 2.30. The molecule has 1 heterocycles. The Morgan fingerprint density at radius 1 is 1.33 bits per heavy atom. The predicted octanol–water partition coefficient (Wildman–Crippen LogP) is 3.17. The molecule has 78 valence electrons. The van der Waals surface area contributed by atoms with E-state index in [-0.39, 0.29) is 0 Å². The van der Waals surface area contributed by atoms with Gasteiger partial charge in [0.25, 0.3) is 0 Å². The number of hydrazine groups is 1. The summed E-state index contributed by atoms with van der Waals surface area (Å²) in [6.07, 6.45) is 0. The van der Waals surface area contributed by atoms with Gasteiger partial charge in [0, 0.05) is 14.9 Å². The molecule has 1 aromatic carbocycles. The van der Waals surface area contributed by atoms with Crippen LogP contribution >= 0.6 is 27.3 Å². The van der Waals surface area contributed by atoms with Crippen LogP contribution in [0.25, 0.3) is 11.3 Å². The van der Waals surface area contributed by atoms with E-state index in [1.54, 1.807) is 11.3 Å². The van der Waals surface area contributed by atoms with E-state index in [0.29, 0.717) is 0 Å². The van der Waals surface area contributed by atoms with Crippen molar-refractivity contribution in [2.24, 2.45) is 5.84 Å². The Kier molecular flexibility index (Phi) is 3.04. The zero-order chi connectivity index (χ0) is 10.8. The second-order valence-corrected chi connectivity index (χ2v) is 5.19. The Hall–Kier alpha value is -0.910. The SMILES string of the molecule is Cc1sc(NN)nc1-c1ccc(Br)cc1. The highest BCUT2D eigenvalue weighted by Gasteiger charge is 2.08. The lowest BCUT2D eigenvalue weighted by Crippen LogP contribution is -2.05. The van der Waals surface area contributed by atoms with Gasteiger partial charge in [0.05, 0.1) is 5.69 Å². The molecule has 15 heavy (non-hydrogen) atoms.